The van der Waals surface area contributed by atoms with Gasteiger partial charge in [-0.05, 0) is 39.8 Å². The van der Waals surface area contributed by atoms with Crippen LogP contribution in [0.25, 0.3) is 5.13 Å². The zero-order valence-electron chi connectivity index (χ0n) is 15.5. The number of ether oxygens (including phenoxy) is 1. The number of hydrogen-bond donors (Lipinski definition) is 1. The molecule has 3 rings (SSSR count). The normalized spacial score (nSPS) is 10.8. The Bertz CT molecular complexity index is 967. The maximum Gasteiger partial charge on any atom is 0.350 e. The number of thiazole rings is 2. The molecule has 0 unspecified atom stereocenters. The van der Waals surface area contributed by atoms with Gasteiger partial charge in [-0.3, -0.25) is 9.36 Å². The van der Waals surface area contributed by atoms with Crippen LogP contribution in [0.4, 0.5) is 5.13 Å². The Kier molecular flexibility index (Phi) is 5.71. The first-order chi connectivity index (χ1) is 12.9. The van der Waals surface area contributed by atoms with E-state index in [2.05, 4.69) is 19.9 Å². The van der Waals surface area contributed by atoms with E-state index in [9.17, 15) is 9.59 Å². The molecule has 0 aliphatic heterocycles. The lowest BCUT2D eigenvalue weighted by molar-refractivity contribution is -0.115. The minimum absolute atomic E-state index is 0.142. The second-order valence-electron chi connectivity index (χ2n) is 5.95. The van der Waals surface area contributed by atoms with Crippen molar-refractivity contribution >= 4 is 39.7 Å². The van der Waals surface area contributed by atoms with Gasteiger partial charge in [0.05, 0.1) is 24.4 Å². The highest BCUT2D eigenvalue weighted by atomic mass is 32.1. The summed E-state index contributed by atoms with van der Waals surface area (Å²) in [5.74, 6) is -0.647. The number of rotatable bonds is 6. The Balaban J connectivity index is 1.67. The molecule has 0 aliphatic carbocycles. The molecule has 0 saturated heterocycles. The monoisotopic (exact) mass is 404 g/mol. The Morgan fingerprint density at radius 1 is 1.19 bits per heavy atom. The number of aryl methyl sites for hydroxylation is 3. The van der Waals surface area contributed by atoms with Crippen LogP contribution in [-0.2, 0) is 16.0 Å². The van der Waals surface area contributed by atoms with Gasteiger partial charge in [0.1, 0.15) is 4.88 Å². The standard InChI is InChI=1S/C18H20N4O3S2/c1-5-25-16(24)15-12(4)19-17(27-15)21-14(23)8-13-9-26-18(20-13)22-10(2)6-7-11(22)3/h6-7,9H,5,8H2,1-4H3,(H,19,21,23). The van der Waals surface area contributed by atoms with Crippen molar-refractivity contribution in [1.82, 2.24) is 14.5 Å². The molecular weight excluding hydrogens is 384 g/mol. The summed E-state index contributed by atoms with van der Waals surface area (Å²) >= 11 is 2.61. The van der Waals surface area contributed by atoms with Gasteiger partial charge in [0.25, 0.3) is 0 Å². The first-order valence-corrected chi connectivity index (χ1v) is 10.1. The number of carbonyl (C=O) groups excluding carboxylic acids is 2. The number of nitrogens with zero attached hydrogens (tertiary/aromatic N) is 3. The molecule has 0 atom stereocenters. The van der Waals surface area contributed by atoms with Crippen molar-refractivity contribution in [3.8, 4) is 5.13 Å². The third-order valence-electron chi connectivity index (χ3n) is 3.85. The SMILES string of the molecule is CCOC(=O)c1sc(NC(=O)Cc2csc(-n3c(C)ccc3C)n2)nc1C. The molecule has 1 amide bonds. The van der Waals surface area contributed by atoms with Crippen LogP contribution in [0, 0.1) is 20.8 Å². The fourth-order valence-corrected chi connectivity index (χ4v) is 4.43. The first kappa shape index (κ1) is 19.2. The molecule has 0 saturated carbocycles. The van der Waals surface area contributed by atoms with E-state index >= 15 is 0 Å². The van der Waals surface area contributed by atoms with Gasteiger partial charge in [-0.15, -0.1) is 11.3 Å². The zero-order valence-corrected chi connectivity index (χ0v) is 17.2. The molecule has 3 heterocycles. The van der Waals surface area contributed by atoms with Gasteiger partial charge in [-0.1, -0.05) is 11.3 Å². The van der Waals surface area contributed by atoms with Crippen molar-refractivity contribution in [2.24, 2.45) is 0 Å². The zero-order chi connectivity index (χ0) is 19.6. The summed E-state index contributed by atoms with van der Waals surface area (Å²) in [6, 6.07) is 4.07. The summed E-state index contributed by atoms with van der Waals surface area (Å²) < 4.78 is 7.05. The van der Waals surface area contributed by atoms with Crippen molar-refractivity contribution < 1.29 is 14.3 Å². The lowest BCUT2D eigenvalue weighted by Gasteiger charge is -2.04. The van der Waals surface area contributed by atoms with Gasteiger partial charge in [-0.2, -0.15) is 0 Å². The molecule has 1 N–H and O–H groups in total. The van der Waals surface area contributed by atoms with Crippen molar-refractivity contribution in [3.63, 3.8) is 0 Å². The van der Waals surface area contributed by atoms with E-state index < -0.39 is 5.97 Å². The highest BCUT2D eigenvalue weighted by Gasteiger charge is 2.18. The molecule has 3 aromatic rings. The summed E-state index contributed by atoms with van der Waals surface area (Å²) in [5, 5.41) is 5.84. The molecular formula is C18H20N4O3S2. The van der Waals surface area contributed by atoms with Crippen LogP contribution in [0.1, 0.15) is 39.4 Å². The lowest BCUT2D eigenvalue weighted by Crippen LogP contribution is -2.14. The van der Waals surface area contributed by atoms with Gasteiger partial charge >= 0.3 is 5.97 Å². The molecule has 9 heteroatoms. The number of hydrogen-bond acceptors (Lipinski definition) is 7. The number of carbonyl (C=O) groups is 2. The van der Waals surface area contributed by atoms with Crippen molar-refractivity contribution in [1.29, 1.82) is 0 Å². The van der Waals surface area contributed by atoms with Gasteiger partial charge in [0.15, 0.2) is 10.3 Å². The third-order valence-corrected chi connectivity index (χ3v) is 5.78. The Morgan fingerprint density at radius 3 is 2.56 bits per heavy atom. The Hall–Kier alpha value is -2.52. The molecule has 7 nitrogen and oxygen atoms in total. The van der Waals surface area contributed by atoms with Crippen molar-refractivity contribution in [2.75, 3.05) is 11.9 Å². The highest BCUT2D eigenvalue weighted by molar-refractivity contribution is 7.17. The summed E-state index contributed by atoms with van der Waals surface area (Å²) in [6.45, 7) is 7.80. The Labute approximate surface area is 165 Å². The van der Waals surface area contributed by atoms with Crippen LogP contribution < -0.4 is 5.32 Å². The summed E-state index contributed by atoms with van der Waals surface area (Å²) in [5.41, 5.74) is 3.44. The number of anilines is 1. The number of nitrogens with one attached hydrogen (secondary N) is 1. The van der Waals surface area contributed by atoms with Crippen LogP contribution in [0.3, 0.4) is 0 Å². The maximum absolute atomic E-state index is 12.3. The molecule has 3 aromatic heterocycles. The van der Waals surface area contributed by atoms with Crippen LogP contribution in [0.15, 0.2) is 17.5 Å². The van der Waals surface area contributed by atoms with Crippen LogP contribution in [-0.4, -0.2) is 33.0 Å². The van der Waals surface area contributed by atoms with Gasteiger partial charge in [0, 0.05) is 16.8 Å². The second kappa shape index (κ2) is 8.01. The fraction of sp³-hybridized carbons (Fsp3) is 0.333. The minimum atomic E-state index is -0.422. The number of aromatic nitrogens is 3. The summed E-state index contributed by atoms with van der Waals surface area (Å²) in [6.07, 6.45) is 0.142. The molecule has 0 bridgehead atoms. The maximum atomic E-state index is 12.3. The molecule has 0 fully saturated rings. The fourth-order valence-electron chi connectivity index (χ4n) is 2.61. The predicted molar refractivity (Wildman–Crippen MR) is 106 cm³/mol. The van der Waals surface area contributed by atoms with Crippen LogP contribution >= 0.6 is 22.7 Å². The molecule has 0 aromatic carbocycles. The van der Waals surface area contributed by atoms with E-state index in [1.807, 2.05) is 31.4 Å². The average molecular weight is 405 g/mol. The quantitative estimate of drug-likeness (QED) is 0.634. The van der Waals surface area contributed by atoms with Crippen molar-refractivity contribution in [2.45, 2.75) is 34.1 Å². The number of esters is 1. The van der Waals surface area contributed by atoms with E-state index in [1.165, 1.54) is 11.3 Å². The second-order valence-corrected chi connectivity index (χ2v) is 7.79. The van der Waals surface area contributed by atoms with Crippen LogP contribution in [0.5, 0.6) is 0 Å². The van der Waals surface area contributed by atoms with Gasteiger partial charge < -0.3 is 10.1 Å². The minimum Gasteiger partial charge on any atom is -0.462 e. The lowest BCUT2D eigenvalue weighted by atomic mass is 10.3. The van der Waals surface area contributed by atoms with Crippen molar-refractivity contribution in [3.05, 3.63) is 45.2 Å². The Morgan fingerprint density at radius 2 is 1.89 bits per heavy atom. The molecule has 27 heavy (non-hydrogen) atoms. The largest absolute Gasteiger partial charge is 0.462 e. The van der Waals surface area contributed by atoms with E-state index in [0.717, 1.165) is 27.9 Å². The predicted octanol–water partition coefficient (Wildman–Crippen LogP) is 3.67. The highest BCUT2D eigenvalue weighted by Crippen LogP contribution is 2.24. The molecule has 0 radical (unpaired) electrons. The van der Waals surface area contributed by atoms with E-state index in [-0.39, 0.29) is 12.3 Å². The van der Waals surface area contributed by atoms with Gasteiger partial charge in [-0.25, -0.2) is 14.8 Å². The van der Waals surface area contributed by atoms with Crippen LogP contribution in [0.2, 0.25) is 0 Å². The van der Waals surface area contributed by atoms with E-state index in [1.54, 1.807) is 13.8 Å². The molecule has 0 aliphatic rings. The third kappa shape index (κ3) is 4.25. The van der Waals surface area contributed by atoms with Gasteiger partial charge in [0.2, 0.25) is 5.91 Å². The molecule has 142 valence electrons. The average Bonchev–Trinajstić information content (AvgIpc) is 3.28. The number of amides is 1. The topological polar surface area (TPSA) is 86.1 Å². The smallest absolute Gasteiger partial charge is 0.350 e. The van der Waals surface area contributed by atoms with E-state index in [0.29, 0.717) is 28.0 Å². The first-order valence-electron chi connectivity index (χ1n) is 8.43. The van der Waals surface area contributed by atoms with E-state index in [4.69, 9.17) is 4.74 Å². The summed E-state index contributed by atoms with van der Waals surface area (Å²) in [7, 11) is 0. The molecule has 0 spiro atoms. The summed E-state index contributed by atoms with van der Waals surface area (Å²) in [4.78, 5) is 33.4.